The quantitative estimate of drug-likeness (QED) is 0.454. The molecule has 1 aromatic carbocycles. The lowest BCUT2D eigenvalue weighted by Crippen LogP contribution is -1.89. The minimum absolute atomic E-state index is 0.0454. The lowest BCUT2D eigenvalue weighted by atomic mass is 10.1. The van der Waals surface area contributed by atoms with Crippen LogP contribution in [0.4, 0.5) is 0 Å². The van der Waals surface area contributed by atoms with Crippen molar-refractivity contribution in [1.82, 2.24) is 0 Å². The van der Waals surface area contributed by atoms with E-state index >= 15 is 0 Å². The minimum Gasteiger partial charge on any atom is -0.131 e. The van der Waals surface area contributed by atoms with Gasteiger partial charge in [-0.2, -0.15) is 0 Å². The Labute approximate surface area is 120 Å². The number of alkyl halides is 1. The van der Waals surface area contributed by atoms with Gasteiger partial charge in [0, 0.05) is 8.45 Å². The average molecular weight is 414 g/mol. The molecule has 0 amide bonds. The standard InChI is InChI=1S/C11H7BrClIS/c12-10-5-4-9(15-10)11(13)7-2-1-3-8(14)6-7/h1-6,11H. The monoisotopic (exact) mass is 412 g/mol. The van der Waals surface area contributed by atoms with Gasteiger partial charge in [-0.25, -0.2) is 0 Å². The summed E-state index contributed by atoms with van der Waals surface area (Å²) in [5.41, 5.74) is 1.15. The van der Waals surface area contributed by atoms with Crippen molar-refractivity contribution >= 4 is 61.5 Å². The van der Waals surface area contributed by atoms with Crippen LogP contribution in [0.15, 0.2) is 40.2 Å². The summed E-state index contributed by atoms with van der Waals surface area (Å²) in [6, 6.07) is 12.4. The van der Waals surface area contributed by atoms with E-state index in [9.17, 15) is 0 Å². The SMILES string of the molecule is ClC(c1cccc(I)c1)c1ccc(Br)s1. The Morgan fingerprint density at radius 3 is 2.67 bits per heavy atom. The molecule has 78 valence electrons. The van der Waals surface area contributed by atoms with Crippen molar-refractivity contribution in [3.63, 3.8) is 0 Å². The molecule has 0 spiro atoms. The van der Waals surface area contributed by atoms with Crippen molar-refractivity contribution in [3.05, 3.63) is 54.2 Å². The number of hydrogen-bond donors (Lipinski definition) is 0. The Hall–Kier alpha value is 0.420. The molecule has 0 radical (unpaired) electrons. The fourth-order valence-electron chi connectivity index (χ4n) is 1.29. The summed E-state index contributed by atoms with van der Waals surface area (Å²) in [7, 11) is 0. The molecule has 0 fully saturated rings. The summed E-state index contributed by atoms with van der Waals surface area (Å²) >= 11 is 13.8. The molecule has 2 rings (SSSR count). The van der Waals surface area contributed by atoms with Crippen molar-refractivity contribution in [2.24, 2.45) is 0 Å². The molecule has 0 aliphatic rings. The smallest absolute Gasteiger partial charge is 0.0928 e. The van der Waals surface area contributed by atoms with Crippen molar-refractivity contribution in [2.75, 3.05) is 0 Å². The van der Waals surface area contributed by atoms with Gasteiger partial charge >= 0.3 is 0 Å². The van der Waals surface area contributed by atoms with Gasteiger partial charge in [-0.15, -0.1) is 22.9 Å². The van der Waals surface area contributed by atoms with Crippen LogP contribution >= 0.6 is 61.5 Å². The van der Waals surface area contributed by atoms with Gasteiger partial charge in [0.15, 0.2) is 0 Å². The largest absolute Gasteiger partial charge is 0.131 e. The highest BCUT2D eigenvalue weighted by molar-refractivity contribution is 14.1. The molecular weight excluding hydrogens is 406 g/mol. The molecule has 0 nitrogen and oxygen atoms in total. The Morgan fingerprint density at radius 1 is 1.27 bits per heavy atom. The van der Waals surface area contributed by atoms with Crippen molar-refractivity contribution in [1.29, 1.82) is 0 Å². The van der Waals surface area contributed by atoms with Crippen LogP contribution in [0, 0.1) is 3.57 Å². The predicted molar refractivity (Wildman–Crippen MR) is 78.9 cm³/mol. The highest BCUT2D eigenvalue weighted by Crippen LogP contribution is 2.35. The number of thiophene rings is 1. The molecule has 1 unspecified atom stereocenters. The third-order valence-corrected chi connectivity index (χ3v) is 4.96. The normalized spacial score (nSPS) is 12.7. The molecular formula is C11H7BrClIS. The number of hydrogen-bond acceptors (Lipinski definition) is 1. The van der Waals surface area contributed by atoms with Gasteiger partial charge in [0.25, 0.3) is 0 Å². The van der Waals surface area contributed by atoms with E-state index in [2.05, 4.69) is 62.8 Å². The van der Waals surface area contributed by atoms with Gasteiger partial charge in [0.05, 0.1) is 9.16 Å². The van der Waals surface area contributed by atoms with Crippen LogP contribution in [-0.2, 0) is 0 Å². The lowest BCUT2D eigenvalue weighted by Gasteiger charge is -2.07. The molecule has 0 aliphatic heterocycles. The zero-order chi connectivity index (χ0) is 10.8. The number of benzene rings is 1. The van der Waals surface area contributed by atoms with Gasteiger partial charge in [0.1, 0.15) is 0 Å². The minimum atomic E-state index is -0.0454. The predicted octanol–water partition coefficient (Wildman–Crippen LogP) is 5.44. The zero-order valence-electron chi connectivity index (χ0n) is 7.58. The van der Waals surface area contributed by atoms with Crippen LogP contribution in [0.25, 0.3) is 0 Å². The highest BCUT2D eigenvalue weighted by Gasteiger charge is 2.12. The third-order valence-electron chi connectivity index (χ3n) is 1.99. The molecule has 0 aliphatic carbocycles. The van der Waals surface area contributed by atoms with E-state index in [0.717, 1.165) is 9.35 Å². The fourth-order valence-corrected chi connectivity index (χ4v) is 3.63. The third kappa shape index (κ3) is 2.96. The second-order valence-electron chi connectivity index (χ2n) is 3.06. The molecule has 2 aromatic rings. The van der Waals surface area contributed by atoms with Crippen LogP contribution in [-0.4, -0.2) is 0 Å². The maximum absolute atomic E-state index is 6.40. The van der Waals surface area contributed by atoms with Gasteiger partial charge in [-0.1, -0.05) is 12.1 Å². The molecule has 0 saturated heterocycles. The molecule has 1 heterocycles. The van der Waals surface area contributed by atoms with E-state index in [0.29, 0.717) is 0 Å². The van der Waals surface area contributed by atoms with Gasteiger partial charge in [-0.3, -0.25) is 0 Å². The summed E-state index contributed by atoms with van der Waals surface area (Å²) in [6.07, 6.45) is 0. The molecule has 4 heteroatoms. The van der Waals surface area contributed by atoms with Crippen LogP contribution in [0.5, 0.6) is 0 Å². The molecule has 1 atom stereocenters. The van der Waals surface area contributed by atoms with Gasteiger partial charge < -0.3 is 0 Å². The van der Waals surface area contributed by atoms with Crippen LogP contribution < -0.4 is 0 Å². The zero-order valence-corrected chi connectivity index (χ0v) is 12.9. The van der Waals surface area contributed by atoms with E-state index < -0.39 is 0 Å². The summed E-state index contributed by atoms with van der Waals surface area (Å²) in [6.45, 7) is 0. The lowest BCUT2D eigenvalue weighted by molar-refractivity contribution is 1.18. The van der Waals surface area contributed by atoms with Crippen LogP contribution in [0.3, 0.4) is 0 Å². The summed E-state index contributed by atoms with van der Waals surface area (Å²) in [4.78, 5) is 1.17. The van der Waals surface area contributed by atoms with Crippen molar-refractivity contribution < 1.29 is 0 Å². The number of rotatable bonds is 2. The molecule has 0 N–H and O–H groups in total. The summed E-state index contributed by atoms with van der Waals surface area (Å²) < 4.78 is 2.33. The molecule has 1 aromatic heterocycles. The van der Waals surface area contributed by atoms with Crippen LogP contribution in [0.1, 0.15) is 15.8 Å². The maximum atomic E-state index is 6.40. The first-order valence-electron chi connectivity index (χ1n) is 4.31. The summed E-state index contributed by atoms with van der Waals surface area (Å²) in [5.74, 6) is 0. The average Bonchev–Trinajstić information content (AvgIpc) is 2.64. The van der Waals surface area contributed by atoms with Crippen molar-refractivity contribution in [3.8, 4) is 0 Å². The van der Waals surface area contributed by atoms with E-state index in [-0.39, 0.29) is 5.38 Å². The second kappa shape index (κ2) is 5.17. The first-order chi connectivity index (χ1) is 7.16. The van der Waals surface area contributed by atoms with E-state index in [4.69, 9.17) is 11.6 Å². The van der Waals surface area contributed by atoms with E-state index in [1.54, 1.807) is 11.3 Å². The Kier molecular flexibility index (Phi) is 4.10. The fraction of sp³-hybridized carbons (Fsp3) is 0.0909. The van der Waals surface area contributed by atoms with Crippen LogP contribution in [0.2, 0.25) is 0 Å². The first-order valence-corrected chi connectivity index (χ1v) is 7.44. The molecule has 15 heavy (non-hydrogen) atoms. The van der Waals surface area contributed by atoms with Crippen molar-refractivity contribution in [2.45, 2.75) is 5.38 Å². The van der Waals surface area contributed by atoms with E-state index in [1.165, 1.54) is 8.45 Å². The summed E-state index contributed by atoms with van der Waals surface area (Å²) in [5, 5.41) is -0.0454. The molecule has 0 saturated carbocycles. The topological polar surface area (TPSA) is 0 Å². The molecule has 0 bridgehead atoms. The first kappa shape index (κ1) is 11.9. The number of halogens is 3. The maximum Gasteiger partial charge on any atom is 0.0928 e. The second-order valence-corrected chi connectivity index (χ2v) is 7.24. The Balaban J connectivity index is 2.32. The highest BCUT2D eigenvalue weighted by atomic mass is 127. The van der Waals surface area contributed by atoms with E-state index in [1.807, 2.05) is 12.1 Å². The Morgan fingerprint density at radius 2 is 2.07 bits per heavy atom. The Bertz CT molecular complexity index is 469. The van der Waals surface area contributed by atoms with Gasteiger partial charge in [-0.05, 0) is 68.3 Å². The van der Waals surface area contributed by atoms with Gasteiger partial charge in [0.2, 0.25) is 0 Å².